The van der Waals surface area contributed by atoms with Gasteiger partial charge in [0.1, 0.15) is 17.8 Å². The number of H-pyrrole nitrogens is 1. The Labute approximate surface area is 174 Å². The van der Waals surface area contributed by atoms with Crippen molar-refractivity contribution in [2.24, 2.45) is 0 Å². The van der Waals surface area contributed by atoms with Crippen molar-refractivity contribution < 1.29 is 4.74 Å². The average molecular weight is 398 g/mol. The molecule has 1 aliphatic heterocycles. The lowest BCUT2D eigenvalue weighted by atomic mass is 10.1. The Bertz CT molecular complexity index is 1240. The number of pyridine rings is 3. The largest absolute Gasteiger partial charge is 0.487 e. The Balaban J connectivity index is 1.62. The van der Waals surface area contributed by atoms with Crippen molar-refractivity contribution in [2.75, 3.05) is 19.6 Å². The number of piperidine rings is 1. The van der Waals surface area contributed by atoms with Crippen molar-refractivity contribution in [3.8, 4) is 22.9 Å². The second-order valence-corrected chi connectivity index (χ2v) is 7.57. The van der Waals surface area contributed by atoms with Crippen LogP contribution >= 0.6 is 0 Å². The zero-order chi connectivity index (χ0) is 20.5. The Morgan fingerprint density at radius 1 is 1.17 bits per heavy atom. The first kappa shape index (κ1) is 18.5. The molecule has 7 nitrogen and oxygen atoms in total. The fraction of sp³-hybridized carbons (Fsp3) is 0.304. The van der Waals surface area contributed by atoms with Gasteiger partial charge < -0.3 is 14.6 Å². The predicted molar refractivity (Wildman–Crippen MR) is 115 cm³/mol. The van der Waals surface area contributed by atoms with Gasteiger partial charge in [-0.3, -0.25) is 4.98 Å². The lowest BCUT2D eigenvalue weighted by molar-refractivity contribution is 0.104. The maximum Gasteiger partial charge on any atom is 0.183 e. The summed E-state index contributed by atoms with van der Waals surface area (Å²) in [5, 5.41) is 11.5. The van der Waals surface area contributed by atoms with Crippen LogP contribution in [0.1, 0.15) is 25.5 Å². The monoisotopic (exact) mass is 398 g/mol. The van der Waals surface area contributed by atoms with Crippen LogP contribution in [0.5, 0.6) is 5.75 Å². The van der Waals surface area contributed by atoms with E-state index in [4.69, 9.17) is 4.74 Å². The standard InChI is InChI=1S/C23H22N6O/c1-2-29-9-5-17(6-10-29)30-22-19(12-24)26-14-20-21(22)18-11-16(13-27-23(18)28-20)15-3-7-25-8-4-15/h3-4,7-8,11,13-14,17H,2,5-6,9-10H2,1H3,(H,27,28). The van der Waals surface area contributed by atoms with Crippen LogP contribution in [0.4, 0.5) is 0 Å². The van der Waals surface area contributed by atoms with Gasteiger partial charge in [-0.1, -0.05) is 6.92 Å². The number of likely N-dealkylation sites (tertiary alicyclic amines) is 1. The van der Waals surface area contributed by atoms with Gasteiger partial charge in [0.15, 0.2) is 11.4 Å². The minimum atomic E-state index is 0.0774. The smallest absolute Gasteiger partial charge is 0.183 e. The number of hydrogen-bond acceptors (Lipinski definition) is 6. The number of fused-ring (bicyclic) bond motifs is 3. The molecule has 0 aliphatic carbocycles. The van der Waals surface area contributed by atoms with E-state index < -0.39 is 0 Å². The fourth-order valence-electron chi connectivity index (χ4n) is 4.14. The van der Waals surface area contributed by atoms with E-state index in [1.54, 1.807) is 18.6 Å². The molecule has 30 heavy (non-hydrogen) atoms. The fourth-order valence-corrected chi connectivity index (χ4v) is 4.14. The second kappa shape index (κ2) is 7.73. The number of ether oxygens (including phenoxy) is 1. The molecule has 4 aromatic rings. The van der Waals surface area contributed by atoms with Crippen LogP contribution in [-0.2, 0) is 0 Å². The molecule has 0 bridgehead atoms. The molecule has 0 radical (unpaired) electrons. The van der Waals surface area contributed by atoms with Crippen molar-refractivity contribution in [3.05, 3.63) is 48.7 Å². The van der Waals surface area contributed by atoms with Crippen LogP contribution in [-0.4, -0.2) is 50.6 Å². The first-order chi connectivity index (χ1) is 14.8. The van der Waals surface area contributed by atoms with Gasteiger partial charge in [-0.25, -0.2) is 9.97 Å². The lowest BCUT2D eigenvalue weighted by Gasteiger charge is -2.31. The molecule has 0 atom stereocenters. The summed E-state index contributed by atoms with van der Waals surface area (Å²) in [7, 11) is 0. The lowest BCUT2D eigenvalue weighted by Crippen LogP contribution is -2.38. The molecular weight excluding hydrogens is 376 g/mol. The molecule has 150 valence electrons. The summed E-state index contributed by atoms with van der Waals surface area (Å²) < 4.78 is 6.43. The molecule has 0 aromatic carbocycles. The highest BCUT2D eigenvalue weighted by Gasteiger charge is 2.24. The molecule has 5 heterocycles. The molecule has 1 aliphatic rings. The third-order valence-corrected chi connectivity index (χ3v) is 5.83. The Morgan fingerprint density at radius 3 is 2.70 bits per heavy atom. The van der Waals surface area contributed by atoms with Gasteiger partial charge in [-0.15, -0.1) is 0 Å². The molecule has 0 spiro atoms. The molecule has 0 unspecified atom stereocenters. The highest BCUT2D eigenvalue weighted by atomic mass is 16.5. The second-order valence-electron chi connectivity index (χ2n) is 7.57. The van der Waals surface area contributed by atoms with Crippen LogP contribution in [0.25, 0.3) is 33.1 Å². The van der Waals surface area contributed by atoms with Crippen LogP contribution in [0, 0.1) is 11.3 Å². The molecular formula is C23H22N6O. The highest BCUT2D eigenvalue weighted by molar-refractivity contribution is 6.10. The van der Waals surface area contributed by atoms with Crippen molar-refractivity contribution in [3.63, 3.8) is 0 Å². The van der Waals surface area contributed by atoms with Gasteiger partial charge in [-0.05, 0) is 43.1 Å². The normalized spacial score (nSPS) is 15.5. The van der Waals surface area contributed by atoms with Crippen LogP contribution in [0.2, 0.25) is 0 Å². The van der Waals surface area contributed by atoms with E-state index in [0.717, 1.165) is 65.5 Å². The molecule has 5 rings (SSSR count). The zero-order valence-electron chi connectivity index (χ0n) is 16.8. The van der Waals surface area contributed by atoms with Gasteiger partial charge >= 0.3 is 0 Å². The van der Waals surface area contributed by atoms with E-state index in [0.29, 0.717) is 11.4 Å². The van der Waals surface area contributed by atoms with Crippen molar-refractivity contribution >= 4 is 21.9 Å². The zero-order valence-corrected chi connectivity index (χ0v) is 16.8. The number of nitrogens with one attached hydrogen (secondary N) is 1. The van der Waals surface area contributed by atoms with E-state index in [9.17, 15) is 5.26 Å². The van der Waals surface area contributed by atoms with E-state index >= 15 is 0 Å². The third-order valence-electron chi connectivity index (χ3n) is 5.83. The van der Waals surface area contributed by atoms with Gasteiger partial charge in [0.2, 0.25) is 0 Å². The number of nitriles is 1. The van der Waals surface area contributed by atoms with Crippen molar-refractivity contribution in [2.45, 2.75) is 25.9 Å². The van der Waals surface area contributed by atoms with E-state index in [1.165, 1.54) is 0 Å². The topological polar surface area (TPSA) is 90.7 Å². The van der Waals surface area contributed by atoms with Gasteiger partial charge in [0.25, 0.3) is 0 Å². The molecule has 0 saturated carbocycles. The van der Waals surface area contributed by atoms with E-state index in [2.05, 4.69) is 43.9 Å². The van der Waals surface area contributed by atoms with Gasteiger partial charge in [-0.2, -0.15) is 5.26 Å². The third kappa shape index (κ3) is 3.25. The summed E-state index contributed by atoms with van der Waals surface area (Å²) in [6, 6.07) is 8.21. The Kier molecular flexibility index (Phi) is 4.77. The Morgan fingerprint density at radius 2 is 1.97 bits per heavy atom. The number of nitrogens with zero attached hydrogens (tertiary/aromatic N) is 5. The molecule has 1 saturated heterocycles. The van der Waals surface area contributed by atoms with E-state index in [1.807, 2.05) is 18.3 Å². The minimum absolute atomic E-state index is 0.0774. The summed E-state index contributed by atoms with van der Waals surface area (Å²) in [6.45, 7) is 5.25. The number of aromatic nitrogens is 4. The molecule has 1 fully saturated rings. The van der Waals surface area contributed by atoms with Crippen LogP contribution in [0.3, 0.4) is 0 Å². The summed E-state index contributed by atoms with van der Waals surface area (Å²) in [6.07, 6.45) is 9.03. The summed E-state index contributed by atoms with van der Waals surface area (Å²) >= 11 is 0. The van der Waals surface area contributed by atoms with Gasteiger partial charge in [0.05, 0.1) is 17.1 Å². The SMILES string of the molecule is CCN1CCC(Oc2c(C#N)ncc3[nH]c4ncc(-c5ccncc5)cc4c23)CC1. The van der Waals surface area contributed by atoms with Crippen molar-refractivity contribution in [1.29, 1.82) is 5.26 Å². The number of hydrogen-bond donors (Lipinski definition) is 1. The molecule has 7 heteroatoms. The molecule has 1 N–H and O–H groups in total. The maximum atomic E-state index is 9.70. The number of rotatable bonds is 4. The van der Waals surface area contributed by atoms with Crippen LogP contribution < -0.4 is 4.74 Å². The Hall–Kier alpha value is -3.50. The predicted octanol–water partition coefficient (Wildman–Crippen LogP) is 3.91. The summed E-state index contributed by atoms with van der Waals surface area (Å²) in [4.78, 5) is 18.8. The quantitative estimate of drug-likeness (QED) is 0.560. The molecule has 0 amide bonds. The van der Waals surface area contributed by atoms with Crippen molar-refractivity contribution in [1.82, 2.24) is 24.8 Å². The summed E-state index contributed by atoms with van der Waals surface area (Å²) in [5.41, 5.74) is 3.92. The summed E-state index contributed by atoms with van der Waals surface area (Å²) in [5.74, 6) is 0.560. The molecule has 4 aromatic heterocycles. The first-order valence-corrected chi connectivity index (χ1v) is 10.3. The number of aromatic amines is 1. The van der Waals surface area contributed by atoms with Gasteiger partial charge in [0, 0.05) is 42.6 Å². The highest BCUT2D eigenvalue weighted by Crippen LogP contribution is 2.37. The minimum Gasteiger partial charge on any atom is -0.487 e. The average Bonchev–Trinajstić information content (AvgIpc) is 3.18. The van der Waals surface area contributed by atoms with E-state index in [-0.39, 0.29) is 6.10 Å². The maximum absolute atomic E-state index is 9.70. The first-order valence-electron chi connectivity index (χ1n) is 10.3. The van der Waals surface area contributed by atoms with Crippen LogP contribution in [0.15, 0.2) is 43.0 Å².